The molecular weight excluding hydrogens is 234 g/mol. The molecule has 6 nitrogen and oxygen atoms in total. The number of carbonyl (C=O) groups is 1. The average molecular weight is 257 g/mol. The van der Waals surface area contributed by atoms with Gasteiger partial charge < -0.3 is 20.6 Å². The van der Waals surface area contributed by atoms with Crippen LogP contribution < -0.4 is 5.73 Å². The van der Waals surface area contributed by atoms with Crippen LogP contribution in [-0.2, 0) is 9.53 Å². The Labute approximate surface area is 108 Å². The van der Waals surface area contributed by atoms with Gasteiger partial charge in [-0.05, 0) is 25.7 Å². The summed E-state index contributed by atoms with van der Waals surface area (Å²) in [7, 11) is 1.72. The van der Waals surface area contributed by atoms with Crippen molar-refractivity contribution in [2.24, 2.45) is 22.2 Å². The summed E-state index contributed by atoms with van der Waals surface area (Å²) >= 11 is 0. The Kier molecular flexibility index (Phi) is 4.95. The van der Waals surface area contributed by atoms with Crippen LogP contribution in [0.3, 0.4) is 0 Å². The van der Waals surface area contributed by atoms with Crippen LogP contribution >= 0.6 is 0 Å². The second-order valence-electron chi connectivity index (χ2n) is 5.00. The summed E-state index contributed by atoms with van der Waals surface area (Å²) in [6.07, 6.45) is 1.28. The van der Waals surface area contributed by atoms with Crippen LogP contribution in [0.1, 0.15) is 26.7 Å². The summed E-state index contributed by atoms with van der Waals surface area (Å²) in [6.45, 7) is 5.61. The van der Waals surface area contributed by atoms with E-state index in [2.05, 4.69) is 12.1 Å². The van der Waals surface area contributed by atoms with Gasteiger partial charge in [-0.25, -0.2) is 0 Å². The van der Waals surface area contributed by atoms with E-state index in [4.69, 9.17) is 15.7 Å². The van der Waals surface area contributed by atoms with Gasteiger partial charge in [0.05, 0.1) is 6.61 Å². The number of rotatable bonds is 6. The number of hydrogen-bond acceptors (Lipinski definition) is 4. The van der Waals surface area contributed by atoms with Gasteiger partial charge in [0.15, 0.2) is 5.84 Å². The fourth-order valence-corrected chi connectivity index (χ4v) is 2.53. The second kappa shape index (κ2) is 6.04. The van der Waals surface area contributed by atoms with Crippen molar-refractivity contribution in [2.45, 2.75) is 26.7 Å². The van der Waals surface area contributed by atoms with Gasteiger partial charge in [0.2, 0.25) is 5.91 Å². The molecule has 0 saturated heterocycles. The lowest BCUT2D eigenvalue weighted by atomic mass is 9.61. The normalized spacial score (nSPS) is 27.7. The largest absolute Gasteiger partial charge is 0.409 e. The lowest BCUT2D eigenvalue weighted by molar-refractivity contribution is -0.143. The zero-order valence-electron chi connectivity index (χ0n) is 11.3. The summed E-state index contributed by atoms with van der Waals surface area (Å²) in [6, 6.07) is 0. The van der Waals surface area contributed by atoms with Gasteiger partial charge in [0, 0.05) is 20.2 Å². The molecule has 0 aromatic rings. The van der Waals surface area contributed by atoms with Crippen molar-refractivity contribution in [3.8, 4) is 0 Å². The van der Waals surface area contributed by atoms with Crippen LogP contribution in [-0.4, -0.2) is 48.7 Å². The first-order valence-corrected chi connectivity index (χ1v) is 6.29. The minimum absolute atomic E-state index is 0.0221. The predicted molar refractivity (Wildman–Crippen MR) is 68.4 cm³/mol. The van der Waals surface area contributed by atoms with Crippen molar-refractivity contribution >= 4 is 11.7 Å². The Morgan fingerprint density at radius 3 is 2.67 bits per heavy atom. The number of hydrogen-bond donors (Lipinski definition) is 2. The SMILES string of the molecule is CCOCCN(C)C(=O)C1(C(N)=NO)CC(C)C1. The van der Waals surface area contributed by atoms with E-state index in [-0.39, 0.29) is 11.7 Å². The molecule has 18 heavy (non-hydrogen) atoms. The maximum atomic E-state index is 12.4. The quantitative estimate of drug-likeness (QED) is 0.240. The number of likely N-dealkylation sites (N-methyl/N-ethyl adjacent to an activating group) is 1. The van der Waals surface area contributed by atoms with Gasteiger partial charge >= 0.3 is 0 Å². The number of nitrogens with zero attached hydrogens (tertiary/aromatic N) is 2. The summed E-state index contributed by atoms with van der Waals surface area (Å²) < 4.78 is 5.22. The molecule has 0 aromatic heterocycles. The first-order chi connectivity index (χ1) is 8.47. The van der Waals surface area contributed by atoms with E-state index in [0.29, 0.717) is 38.5 Å². The number of ether oxygens (including phenoxy) is 1. The zero-order chi connectivity index (χ0) is 13.8. The molecule has 1 fully saturated rings. The lowest BCUT2D eigenvalue weighted by Crippen LogP contribution is -2.57. The smallest absolute Gasteiger partial charge is 0.236 e. The molecule has 1 rings (SSSR count). The van der Waals surface area contributed by atoms with Gasteiger partial charge in [0.25, 0.3) is 0 Å². The van der Waals surface area contributed by atoms with Crippen molar-refractivity contribution in [2.75, 3.05) is 26.8 Å². The topological polar surface area (TPSA) is 88.2 Å². The van der Waals surface area contributed by atoms with Crippen molar-refractivity contribution in [1.29, 1.82) is 0 Å². The van der Waals surface area contributed by atoms with Crippen LogP contribution in [0.15, 0.2) is 5.16 Å². The highest BCUT2D eigenvalue weighted by Gasteiger charge is 2.53. The van der Waals surface area contributed by atoms with Crippen molar-refractivity contribution in [3.05, 3.63) is 0 Å². The molecule has 0 unspecified atom stereocenters. The minimum atomic E-state index is -0.810. The van der Waals surface area contributed by atoms with E-state index in [0.717, 1.165) is 0 Å². The molecule has 1 aliphatic rings. The lowest BCUT2D eigenvalue weighted by Gasteiger charge is -2.45. The van der Waals surface area contributed by atoms with Crippen LogP contribution in [0, 0.1) is 11.3 Å². The highest BCUT2D eigenvalue weighted by molar-refractivity contribution is 6.07. The third kappa shape index (κ3) is 2.75. The molecule has 1 amide bonds. The highest BCUT2D eigenvalue weighted by atomic mass is 16.5. The molecule has 0 atom stereocenters. The van der Waals surface area contributed by atoms with Gasteiger partial charge in [-0.1, -0.05) is 12.1 Å². The second-order valence-corrected chi connectivity index (χ2v) is 5.00. The number of amides is 1. The Morgan fingerprint density at radius 2 is 2.22 bits per heavy atom. The predicted octanol–water partition coefficient (Wildman–Crippen LogP) is 0.644. The van der Waals surface area contributed by atoms with Crippen LogP contribution in [0.2, 0.25) is 0 Å². The van der Waals surface area contributed by atoms with Crippen LogP contribution in [0.4, 0.5) is 0 Å². The molecule has 1 saturated carbocycles. The molecule has 0 bridgehead atoms. The molecule has 3 N–H and O–H groups in total. The molecule has 0 aliphatic heterocycles. The molecule has 6 heteroatoms. The van der Waals surface area contributed by atoms with Crippen molar-refractivity contribution in [3.63, 3.8) is 0 Å². The Hall–Kier alpha value is -1.30. The van der Waals surface area contributed by atoms with E-state index in [1.54, 1.807) is 11.9 Å². The average Bonchev–Trinajstić information content (AvgIpc) is 2.33. The summed E-state index contributed by atoms with van der Waals surface area (Å²) in [5, 5.41) is 11.9. The van der Waals surface area contributed by atoms with E-state index >= 15 is 0 Å². The zero-order valence-corrected chi connectivity index (χ0v) is 11.3. The fourth-order valence-electron chi connectivity index (χ4n) is 2.53. The van der Waals surface area contributed by atoms with Gasteiger partial charge in [0.1, 0.15) is 5.41 Å². The third-order valence-corrected chi connectivity index (χ3v) is 3.52. The van der Waals surface area contributed by atoms with Crippen LogP contribution in [0.25, 0.3) is 0 Å². The summed E-state index contributed by atoms with van der Waals surface area (Å²) in [5.41, 5.74) is 4.88. The molecule has 0 spiro atoms. The first kappa shape index (κ1) is 14.8. The van der Waals surface area contributed by atoms with Crippen LogP contribution in [0.5, 0.6) is 0 Å². The number of amidine groups is 1. The van der Waals surface area contributed by atoms with E-state index in [1.807, 2.05) is 6.92 Å². The summed E-state index contributed by atoms with van der Waals surface area (Å²) in [4.78, 5) is 14.0. The van der Waals surface area contributed by atoms with E-state index < -0.39 is 5.41 Å². The van der Waals surface area contributed by atoms with Crippen molar-refractivity contribution in [1.82, 2.24) is 4.90 Å². The molecule has 1 aliphatic carbocycles. The first-order valence-electron chi connectivity index (χ1n) is 6.29. The number of carbonyl (C=O) groups excluding carboxylic acids is 1. The molecule has 0 radical (unpaired) electrons. The number of nitrogens with two attached hydrogens (primary N) is 1. The molecule has 0 heterocycles. The van der Waals surface area contributed by atoms with Gasteiger partial charge in [-0.15, -0.1) is 0 Å². The highest BCUT2D eigenvalue weighted by Crippen LogP contribution is 2.46. The Balaban J connectivity index is 2.67. The maximum absolute atomic E-state index is 12.4. The third-order valence-electron chi connectivity index (χ3n) is 3.52. The maximum Gasteiger partial charge on any atom is 0.236 e. The minimum Gasteiger partial charge on any atom is -0.409 e. The van der Waals surface area contributed by atoms with Gasteiger partial charge in [-0.3, -0.25) is 4.79 Å². The Bertz CT molecular complexity index is 325. The fraction of sp³-hybridized carbons (Fsp3) is 0.833. The van der Waals surface area contributed by atoms with Gasteiger partial charge in [-0.2, -0.15) is 0 Å². The monoisotopic (exact) mass is 257 g/mol. The van der Waals surface area contributed by atoms with Crippen molar-refractivity contribution < 1.29 is 14.7 Å². The molecule has 104 valence electrons. The standard InChI is InChI=1S/C12H23N3O3/c1-4-18-6-5-15(3)11(16)12(10(13)14-17)7-9(2)8-12/h9,17H,4-8H2,1-3H3,(H2,13,14). The van der Waals surface area contributed by atoms with E-state index in [1.165, 1.54) is 0 Å². The van der Waals surface area contributed by atoms with E-state index in [9.17, 15) is 4.79 Å². The summed E-state index contributed by atoms with van der Waals surface area (Å²) in [5.74, 6) is 0.360. The molecular formula is C12H23N3O3. The number of oxime groups is 1. The Morgan fingerprint density at radius 1 is 1.61 bits per heavy atom. The molecule has 0 aromatic carbocycles.